The minimum atomic E-state index is -1.02. The Balaban J connectivity index is 2.58. The highest BCUT2D eigenvalue weighted by atomic mass is 16.4. The first-order chi connectivity index (χ1) is 9.41. The molecule has 2 rings (SSSR count). The molecule has 20 heavy (non-hydrogen) atoms. The van der Waals surface area contributed by atoms with Crippen LogP contribution >= 0.6 is 0 Å². The van der Waals surface area contributed by atoms with E-state index in [1.54, 1.807) is 26.2 Å². The smallest absolute Gasteiger partial charge is 0.337 e. The van der Waals surface area contributed by atoms with Crippen molar-refractivity contribution in [3.63, 3.8) is 0 Å². The first-order valence-electron chi connectivity index (χ1n) is 6.25. The maximum Gasteiger partial charge on any atom is 0.337 e. The molecule has 0 fully saturated rings. The predicted molar refractivity (Wildman–Crippen MR) is 75.2 cm³/mol. The summed E-state index contributed by atoms with van der Waals surface area (Å²) >= 11 is 0. The van der Waals surface area contributed by atoms with E-state index in [9.17, 15) is 14.7 Å². The first kappa shape index (κ1) is 14.0. The first-order valence-corrected chi connectivity index (χ1v) is 6.25. The number of hydrogen-bond donors (Lipinski definition) is 1. The van der Waals surface area contributed by atoms with Crippen LogP contribution < -0.4 is 5.56 Å². The molecule has 0 amide bonds. The third-order valence-electron chi connectivity index (χ3n) is 3.46. The molecule has 5 heteroatoms. The molecule has 0 bridgehead atoms. The van der Waals surface area contributed by atoms with Crippen molar-refractivity contribution in [3.05, 3.63) is 62.8 Å². The van der Waals surface area contributed by atoms with E-state index in [0.29, 0.717) is 17.8 Å². The molecule has 1 N–H and O–H groups in total. The molecule has 0 aromatic carbocycles. The lowest BCUT2D eigenvalue weighted by molar-refractivity contribution is 0.0694. The number of carbonyl (C=O) groups is 1. The van der Waals surface area contributed by atoms with Crippen LogP contribution in [0.5, 0.6) is 0 Å². The van der Waals surface area contributed by atoms with E-state index in [1.165, 1.54) is 10.6 Å². The zero-order valence-corrected chi connectivity index (χ0v) is 11.7. The van der Waals surface area contributed by atoms with E-state index in [2.05, 4.69) is 4.98 Å². The van der Waals surface area contributed by atoms with E-state index in [1.807, 2.05) is 13.0 Å². The van der Waals surface area contributed by atoms with Crippen LogP contribution in [0, 0.1) is 20.8 Å². The van der Waals surface area contributed by atoms with Crippen LogP contribution in [0.15, 0.2) is 29.3 Å². The third kappa shape index (κ3) is 2.47. The number of nitrogens with zero attached hydrogens (tertiary/aromatic N) is 2. The molecule has 0 spiro atoms. The molecule has 0 saturated carbocycles. The molecule has 0 saturated heterocycles. The van der Waals surface area contributed by atoms with Gasteiger partial charge in [0.1, 0.15) is 0 Å². The van der Waals surface area contributed by atoms with Crippen LogP contribution in [0.4, 0.5) is 0 Å². The zero-order chi connectivity index (χ0) is 14.9. The van der Waals surface area contributed by atoms with Gasteiger partial charge >= 0.3 is 5.97 Å². The van der Waals surface area contributed by atoms with Crippen molar-refractivity contribution >= 4 is 5.97 Å². The number of aromatic carboxylic acids is 1. The summed E-state index contributed by atoms with van der Waals surface area (Å²) in [6.45, 7) is 5.55. The van der Waals surface area contributed by atoms with Crippen molar-refractivity contribution in [1.82, 2.24) is 9.55 Å². The summed E-state index contributed by atoms with van der Waals surface area (Å²) in [5, 5.41) is 9.25. The Kier molecular flexibility index (Phi) is 3.70. The number of aromatic nitrogens is 2. The Bertz CT molecular complexity index is 732. The predicted octanol–water partition coefficient (Wildman–Crippen LogP) is 1.92. The topological polar surface area (TPSA) is 72.2 Å². The van der Waals surface area contributed by atoms with Crippen molar-refractivity contribution < 1.29 is 9.90 Å². The lowest BCUT2D eigenvalue weighted by Crippen LogP contribution is -2.26. The molecule has 0 radical (unpaired) electrons. The molecule has 5 nitrogen and oxygen atoms in total. The number of pyridine rings is 2. The van der Waals surface area contributed by atoms with Crippen molar-refractivity contribution in [1.29, 1.82) is 0 Å². The average Bonchev–Trinajstić information content (AvgIpc) is 2.35. The fourth-order valence-electron chi connectivity index (χ4n) is 2.27. The number of hydrogen-bond acceptors (Lipinski definition) is 3. The minimum absolute atomic E-state index is 0.186. The molecule has 0 atom stereocenters. The lowest BCUT2D eigenvalue weighted by Gasteiger charge is -2.15. The zero-order valence-electron chi connectivity index (χ0n) is 11.7. The summed E-state index contributed by atoms with van der Waals surface area (Å²) in [5.41, 5.74) is 2.85. The monoisotopic (exact) mass is 272 g/mol. The second-order valence-electron chi connectivity index (χ2n) is 4.82. The normalized spacial score (nSPS) is 10.6. The fraction of sp³-hybridized carbons (Fsp3) is 0.267. The lowest BCUT2D eigenvalue weighted by atomic mass is 10.1. The van der Waals surface area contributed by atoms with Gasteiger partial charge in [-0.3, -0.25) is 9.78 Å². The van der Waals surface area contributed by atoms with Crippen molar-refractivity contribution in [2.24, 2.45) is 0 Å². The number of carboxylic acid groups (broad SMARTS) is 1. The molecule has 0 aliphatic heterocycles. The van der Waals surface area contributed by atoms with Crippen molar-refractivity contribution in [2.45, 2.75) is 27.3 Å². The molecule has 104 valence electrons. The van der Waals surface area contributed by atoms with Gasteiger partial charge in [0, 0.05) is 24.2 Å². The van der Waals surface area contributed by atoms with Crippen molar-refractivity contribution in [2.75, 3.05) is 0 Å². The molecule has 2 heterocycles. The van der Waals surface area contributed by atoms with Crippen LogP contribution in [-0.4, -0.2) is 20.6 Å². The summed E-state index contributed by atoms with van der Waals surface area (Å²) < 4.78 is 1.47. The van der Waals surface area contributed by atoms with Crippen LogP contribution in [0.1, 0.15) is 32.7 Å². The van der Waals surface area contributed by atoms with Gasteiger partial charge in [-0.25, -0.2) is 4.79 Å². The molecular formula is C15H16N2O3. The Morgan fingerprint density at radius 1 is 1.30 bits per heavy atom. The Hall–Kier alpha value is -2.43. The maximum absolute atomic E-state index is 12.1. The van der Waals surface area contributed by atoms with E-state index in [4.69, 9.17) is 0 Å². The van der Waals surface area contributed by atoms with Gasteiger partial charge in [0.05, 0.1) is 12.1 Å². The van der Waals surface area contributed by atoms with Gasteiger partial charge in [0.25, 0.3) is 5.56 Å². The summed E-state index contributed by atoms with van der Waals surface area (Å²) in [6.07, 6.45) is 3.38. The molecule has 0 aliphatic carbocycles. The van der Waals surface area contributed by atoms with Gasteiger partial charge in [-0.05, 0) is 43.5 Å². The van der Waals surface area contributed by atoms with Gasteiger partial charge < -0.3 is 9.67 Å². The number of aryl methyl sites for hydroxylation is 2. The summed E-state index contributed by atoms with van der Waals surface area (Å²) in [7, 11) is 0. The van der Waals surface area contributed by atoms with Gasteiger partial charge in [0.2, 0.25) is 0 Å². The summed E-state index contributed by atoms with van der Waals surface area (Å²) in [6, 6.07) is 3.23. The second-order valence-corrected chi connectivity index (χ2v) is 4.82. The second kappa shape index (κ2) is 5.28. The van der Waals surface area contributed by atoms with Crippen LogP contribution in [0.2, 0.25) is 0 Å². The van der Waals surface area contributed by atoms with E-state index in [-0.39, 0.29) is 11.1 Å². The molecule has 0 aliphatic rings. The summed E-state index contributed by atoms with van der Waals surface area (Å²) in [5.74, 6) is -1.02. The number of carboxylic acids is 1. The van der Waals surface area contributed by atoms with Crippen molar-refractivity contribution in [3.8, 4) is 0 Å². The van der Waals surface area contributed by atoms with Gasteiger partial charge in [0.15, 0.2) is 0 Å². The van der Waals surface area contributed by atoms with Gasteiger partial charge in [-0.15, -0.1) is 0 Å². The third-order valence-corrected chi connectivity index (χ3v) is 3.46. The Morgan fingerprint density at radius 3 is 2.60 bits per heavy atom. The maximum atomic E-state index is 12.1. The van der Waals surface area contributed by atoms with E-state index < -0.39 is 5.97 Å². The van der Waals surface area contributed by atoms with E-state index in [0.717, 1.165) is 11.1 Å². The van der Waals surface area contributed by atoms with Crippen LogP contribution in [0.3, 0.4) is 0 Å². The van der Waals surface area contributed by atoms with Crippen LogP contribution in [-0.2, 0) is 6.54 Å². The standard InChI is InChI=1S/C15H16N2O3/c1-9-4-5-16-7-12(9)8-17-11(3)14(15(19)20)10(2)6-13(17)18/h4-7H,8H2,1-3H3,(H,19,20). The van der Waals surface area contributed by atoms with Crippen LogP contribution in [0.25, 0.3) is 0 Å². The fourth-order valence-corrected chi connectivity index (χ4v) is 2.27. The average molecular weight is 272 g/mol. The van der Waals surface area contributed by atoms with Gasteiger partial charge in [-0.2, -0.15) is 0 Å². The largest absolute Gasteiger partial charge is 0.478 e. The van der Waals surface area contributed by atoms with E-state index >= 15 is 0 Å². The number of rotatable bonds is 3. The Morgan fingerprint density at radius 2 is 2.00 bits per heavy atom. The molecule has 0 unspecified atom stereocenters. The minimum Gasteiger partial charge on any atom is -0.478 e. The molecule has 2 aromatic heterocycles. The SMILES string of the molecule is Cc1ccncc1Cn1c(C)c(C(=O)O)c(C)cc1=O. The molecule has 2 aromatic rings. The highest BCUT2D eigenvalue weighted by Crippen LogP contribution is 2.14. The highest BCUT2D eigenvalue weighted by Gasteiger charge is 2.16. The highest BCUT2D eigenvalue weighted by molar-refractivity contribution is 5.90. The van der Waals surface area contributed by atoms with Gasteiger partial charge in [-0.1, -0.05) is 0 Å². The molecular weight excluding hydrogens is 256 g/mol. The summed E-state index contributed by atoms with van der Waals surface area (Å²) in [4.78, 5) is 27.4. The Labute approximate surface area is 116 Å². The quantitative estimate of drug-likeness (QED) is 0.926.